The zero-order valence-electron chi connectivity index (χ0n) is 11.2. The first-order chi connectivity index (χ1) is 8.99. The fourth-order valence-corrected chi connectivity index (χ4v) is 1.51. The molecule has 0 spiro atoms. The van der Waals surface area contributed by atoms with Gasteiger partial charge in [0.05, 0.1) is 6.61 Å². The Kier molecular flexibility index (Phi) is 6.22. The standard InChI is InChI=1S/C15H19FO3/c1-11(2)7-8-19-10-13-3-5-14(16)9-12(13)4-6-15(17)18/h3-6,9,11H,7-8,10H2,1-2H3,(H,17,18)/b6-4+. The average molecular weight is 266 g/mol. The van der Waals surface area contributed by atoms with Gasteiger partial charge < -0.3 is 9.84 Å². The fourth-order valence-electron chi connectivity index (χ4n) is 1.51. The molecule has 0 amide bonds. The van der Waals surface area contributed by atoms with Crippen LogP contribution in [0, 0.1) is 11.7 Å². The number of halogens is 1. The molecule has 1 N–H and O–H groups in total. The van der Waals surface area contributed by atoms with Gasteiger partial charge in [0.2, 0.25) is 0 Å². The van der Waals surface area contributed by atoms with E-state index in [2.05, 4.69) is 13.8 Å². The maximum Gasteiger partial charge on any atom is 0.328 e. The number of carbonyl (C=O) groups is 1. The van der Waals surface area contributed by atoms with Crippen LogP contribution < -0.4 is 0 Å². The van der Waals surface area contributed by atoms with Crippen LogP contribution in [0.15, 0.2) is 24.3 Å². The third kappa shape index (κ3) is 6.15. The SMILES string of the molecule is CC(C)CCOCc1ccc(F)cc1/C=C/C(=O)O. The van der Waals surface area contributed by atoms with Crippen LogP contribution in [-0.2, 0) is 16.1 Å². The molecule has 0 aliphatic carbocycles. The van der Waals surface area contributed by atoms with Gasteiger partial charge in [-0.3, -0.25) is 0 Å². The third-order valence-electron chi connectivity index (χ3n) is 2.61. The van der Waals surface area contributed by atoms with Crippen molar-refractivity contribution >= 4 is 12.0 Å². The Bertz CT molecular complexity index is 453. The van der Waals surface area contributed by atoms with E-state index in [1.165, 1.54) is 18.2 Å². The number of benzene rings is 1. The monoisotopic (exact) mass is 266 g/mol. The molecule has 0 aliphatic heterocycles. The van der Waals surface area contributed by atoms with Gasteiger partial charge >= 0.3 is 5.97 Å². The number of rotatable bonds is 7. The molecular weight excluding hydrogens is 247 g/mol. The lowest BCUT2D eigenvalue weighted by atomic mass is 10.1. The second-order valence-corrected chi connectivity index (χ2v) is 4.75. The molecule has 0 radical (unpaired) electrons. The first-order valence-electron chi connectivity index (χ1n) is 6.26. The van der Waals surface area contributed by atoms with E-state index >= 15 is 0 Å². The zero-order valence-corrected chi connectivity index (χ0v) is 11.2. The summed E-state index contributed by atoms with van der Waals surface area (Å²) in [7, 11) is 0. The zero-order chi connectivity index (χ0) is 14.3. The molecule has 0 aliphatic rings. The Morgan fingerprint density at radius 2 is 2.21 bits per heavy atom. The minimum Gasteiger partial charge on any atom is -0.478 e. The van der Waals surface area contributed by atoms with Gasteiger partial charge in [-0.2, -0.15) is 0 Å². The Hall–Kier alpha value is -1.68. The fraction of sp³-hybridized carbons (Fsp3) is 0.400. The highest BCUT2D eigenvalue weighted by atomic mass is 19.1. The van der Waals surface area contributed by atoms with E-state index in [4.69, 9.17) is 9.84 Å². The predicted molar refractivity (Wildman–Crippen MR) is 72.2 cm³/mol. The van der Waals surface area contributed by atoms with E-state index in [0.717, 1.165) is 18.1 Å². The van der Waals surface area contributed by atoms with Gasteiger partial charge in [-0.15, -0.1) is 0 Å². The predicted octanol–water partition coefficient (Wildman–Crippen LogP) is 3.49. The number of ether oxygens (including phenoxy) is 1. The van der Waals surface area contributed by atoms with Gasteiger partial charge in [0, 0.05) is 12.7 Å². The lowest BCUT2D eigenvalue weighted by Crippen LogP contribution is -2.01. The van der Waals surface area contributed by atoms with Crippen molar-refractivity contribution < 1.29 is 19.0 Å². The van der Waals surface area contributed by atoms with Crippen molar-refractivity contribution in [3.05, 3.63) is 41.2 Å². The molecule has 19 heavy (non-hydrogen) atoms. The Balaban J connectivity index is 2.68. The van der Waals surface area contributed by atoms with Crippen molar-refractivity contribution in [1.29, 1.82) is 0 Å². The molecular formula is C15H19FO3. The Morgan fingerprint density at radius 1 is 1.47 bits per heavy atom. The van der Waals surface area contributed by atoms with Crippen LogP contribution in [0.5, 0.6) is 0 Å². The quantitative estimate of drug-likeness (QED) is 0.607. The minimum absolute atomic E-state index is 0.353. The largest absolute Gasteiger partial charge is 0.478 e. The Labute approximate surface area is 112 Å². The molecule has 0 saturated carbocycles. The number of carboxylic acid groups (broad SMARTS) is 1. The number of hydrogen-bond donors (Lipinski definition) is 1. The van der Waals surface area contributed by atoms with Gasteiger partial charge in [0.25, 0.3) is 0 Å². The van der Waals surface area contributed by atoms with Crippen molar-refractivity contribution in [3.8, 4) is 0 Å². The molecule has 104 valence electrons. The molecule has 0 unspecified atom stereocenters. The summed E-state index contributed by atoms with van der Waals surface area (Å²) in [6, 6.07) is 4.27. The van der Waals surface area contributed by atoms with E-state index in [0.29, 0.717) is 24.7 Å². The van der Waals surface area contributed by atoms with Crippen molar-refractivity contribution in [2.24, 2.45) is 5.92 Å². The normalized spacial score (nSPS) is 11.4. The molecule has 3 nitrogen and oxygen atoms in total. The summed E-state index contributed by atoms with van der Waals surface area (Å²) in [6.45, 7) is 5.22. The topological polar surface area (TPSA) is 46.5 Å². The lowest BCUT2D eigenvalue weighted by Gasteiger charge is -2.09. The highest BCUT2D eigenvalue weighted by molar-refractivity contribution is 5.85. The number of carboxylic acids is 1. The molecule has 1 rings (SSSR count). The summed E-state index contributed by atoms with van der Waals surface area (Å²) in [4.78, 5) is 10.5. The van der Waals surface area contributed by atoms with Crippen LogP contribution in [0.2, 0.25) is 0 Å². The lowest BCUT2D eigenvalue weighted by molar-refractivity contribution is -0.131. The van der Waals surface area contributed by atoms with Crippen LogP contribution in [0.1, 0.15) is 31.4 Å². The van der Waals surface area contributed by atoms with E-state index in [9.17, 15) is 9.18 Å². The maximum absolute atomic E-state index is 13.1. The van der Waals surface area contributed by atoms with Crippen LogP contribution in [-0.4, -0.2) is 17.7 Å². The summed E-state index contributed by atoms with van der Waals surface area (Å²) < 4.78 is 18.7. The van der Waals surface area contributed by atoms with Gasteiger partial charge in [-0.05, 0) is 41.7 Å². The first kappa shape index (κ1) is 15.4. The molecule has 0 saturated heterocycles. The maximum atomic E-state index is 13.1. The number of hydrogen-bond acceptors (Lipinski definition) is 2. The molecule has 0 heterocycles. The molecule has 0 bridgehead atoms. The van der Waals surface area contributed by atoms with Crippen LogP contribution in [0.25, 0.3) is 6.08 Å². The highest BCUT2D eigenvalue weighted by Crippen LogP contribution is 2.15. The van der Waals surface area contributed by atoms with E-state index in [1.54, 1.807) is 6.07 Å². The van der Waals surface area contributed by atoms with Gasteiger partial charge in [0.1, 0.15) is 5.82 Å². The van der Waals surface area contributed by atoms with Gasteiger partial charge in [-0.25, -0.2) is 9.18 Å². The summed E-state index contributed by atoms with van der Waals surface area (Å²) in [5.41, 5.74) is 1.31. The van der Waals surface area contributed by atoms with Crippen molar-refractivity contribution in [3.63, 3.8) is 0 Å². The molecule has 0 aromatic heterocycles. The van der Waals surface area contributed by atoms with Gasteiger partial charge in [-0.1, -0.05) is 19.9 Å². The first-order valence-corrected chi connectivity index (χ1v) is 6.26. The summed E-state index contributed by atoms with van der Waals surface area (Å²) in [5, 5.41) is 8.60. The van der Waals surface area contributed by atoms with E-state index in [1.807, 2.05) is 0 Å². The van der Waals surface area contributed by atoms with Crippen LogP contribution in [0.3, 0.4) is 0 Å². The number of aliphatic carboxylic acids is 1. The van der Waals surface area contributed by atoms with Crippen LogP contribution in [0.4, 0.5) is 4.39 Å². The highest BCUT2D eigenvalue weighted by Gasteiger charge is 2.03. The average Bonchev–Trinajstić information content (AvgIpc) is 2.33. The minimum atomic E-state index is -1.06. The van der Waals surface area contributed by atoms with Crippen molar-refractivity contribution in [1.82, 2.24) is 0 Å². The molecule has 4 heteroatoms. The third-order valence-corrected chi connectivity index (χ3v) is 2.61. The Morgan fingerprint density at radius 3 is 2.84 bits per heavy atom. The molecule has 1 aromatic rings. The smallest absolute Gasteiger partial charge is 0.328 e. The molecule has 0 fully saturated rings. The van der Waals surface area contributed by atoms with Crippen LogP contribution >= 0.6 is 0 Å². The molecule has 1 aromatic carbocycles. The van der Waals surface area contributed by atoms with Gasteiger partial charge in [0.15, 0.2) is 0 Å². The molecule has 0 atom stereocenters. The van der Waals surface area contributed by atoms with E-state index in [-0.39, 0.29) is 0 Å². The summed E-state index contributed by atoms with van der Waals surface area (Å²) in [6.07, 6.45) is 3.33. The summed E-state index contributed by atoms with van der Waals surface area (Å²) in [5.74, 6) is -0.883. The second-order valence-electron chi connectivity index (χ2n) is 4.75. The van der Waals surface area contributed by atoms with E-state index < -0.39 is 11.8 Å². The second kappa shape index (κ2) is 7.69. The van der Waals surface area contributed by atoms with Crippen molar-refractivity contribution in [2.75, 3.05) is 6.61 Å². The summed E-state index contributed by atoms with van der Waals surface area (Å²) >= 11 is 0. The van der Waals surface area contributed by atoms with Crippen molar-refractivity contribution in [2.45, 2.75) is 26.9 Å².